The topological polar surface area (TPSA) is 65.5 Å². The molecule has 1 aliphatic rings. The molecular weight excluding hydrogens is 302 g/mol. The van der Waals surface area contributed by atoms with E-state index in [0.29, 0.717) is 28.3 Å². The molecule has 3 rings (SSSR count). The number of hydrogen-bond acceptors (Lipinski definition) is 4. The number of nitrogens with zero attached hydrogens (tertiary/aromatic N) is 2. The van der Waals surface area contributed by atoms with Gasteiger partial charge in [-0.05, 0) is 44.9 Å². The fourth-order valence-electron chi connectivity index (χ4n) is 3.43. The van der Waals surface area contributed by atoms with Gasteiger partial charge in [-0.15, -0.1) is 0 Å². The van der Waals surface area contributed by atoms with E-state index in [-0.39, 0.29) is 0 Å². The Kier molecular flexibility index (Phi) is 5.30. The Morgan fingerprint density at radius 1 is 1.38 bits per heavy atom. The van der Waals surface area contributed by atoms with Gasteiger partial charge >= 0.3 is 5.97 Å². The molecule has 2 heterocycles. The van der Waals surface area contributed by atoms with E-state index in [2.05, 4.69) is 22.1 Å². The third kappa shape index (κ3) is 3.85. The maximum Gasteiger partial charge on any atom is 0.336 e. The predicted octanol–water partition coefficient (Wildman–Crippen LogP) is 3.61. The molecule has 1 fully saturated rings. The van der Waals surface area contributed by atoms with Crippen molar-refractivity contribution in [3.8, 4) is 0 Å². The Bertz CT molecular complexity index is 717. The summed E-state index contributed by atoms with van der Waals surface area (Å²) in [4.78, 5) is 18.6. The molecule has 0 spiro atoms. The molecule has 1 aromatic heterocycles. The maximum atomic E-state index is 11.5. The van der Waals surface area contributed by atoms with Crippen LogP contribution in [0.5, 0.6) is 0 Å². The Hall–Kier alpha value is -2.14. The third-order valence-corrected chi connectivity index (χ3v) is 4.82. The summed E-state index contributed by atoms with van der Waals surface area (Å²) in [6.45, 7) is 5.37. The smallest absolute Gasteiger partial charge is 0.336 e. The molecule has 0 bridgehead atoms. The van der Waals surface area contributed by atoms with Crippen LogP contribution in [0.2, 0.25) is 0 Å². The minimum Gasteiger partial charge on any atom is -0.478 e. The van der Waals surface area contributed by atoms with Gasteiger partial charge in [-0.2, -0.15) is 0 Å². The second-order valence-electron chi connectivity index (χ2n) is 6.54. The van der Waals surface area contributed by atoms with Crippen LogP contribution in [0.25, 0.3) is 10.9 Å². The first-order chi connectivity index (χ1) is 11.6. The standard InChI is InChI=1S/C19H25N3O2/c1-14-7-4-5-11-22(14)12-6-10-20-18-13-16(19(23)24)15-8-2-3-9-17(15)21-18/h2-3,8-9,13-14H,4-7,10-12H2,1H3,(H,20,21)(H,23,24). The van der Waals surface area contributed by atoms with Gasteiger partial charge in [0.1, 0.15) is 5.82 Å². The lowest BCUT2D eigenvalue weighted by molar-refractivity contribution is 0.0699. The van der Waals surface area contributed by atoms with E-state index < -0.39 is 5.97 Å². The minimum atomic E-state index is -0.918. The number of piperidine rings is 1. The highest BCUT2D eigenvalue weighted by atomic mass is 16.4. The minimum absolute atomic E-state index is 0.299. The number of hydrogen-bond donors (Lipinski definition) is 2. The summed E-state index contributed by atoms with van der Waals surface area (Å²) in [6.07, 6.45) is 4.96. The number of aromatic carboxylic acids is 1. The summed E-state index contributed by atoms with van der Waals surface area (Å²) >= 11 is 0. The number of carboxylic acid groups (broad SMARTS) is 1. The highest BCUT2D eigenvalue weighted by molar-refractivity contribution is 6.03. The maximum absolute atomic E-state index is 11.5. The number of fused-ring (bicyclic) bond motifs is 1. The van der Waals surface area contributed by atoms with Crippen LogP contribution in [0.4, 0.5) is 5.82 Å². The molecule has 2 aromatic rings. The lowest BCUT2D eigenvalue weighted by atomic mass is 10.0. The van der Waals surface area contributed by atoms with Crippen LogP contribution in [0, 0.1) is 0 Å². The average Bonchev–Trinajstić information content (AvgIpc) is 2.59. The van der Waals surface area contributed by atoms with E-state index in [9.17, 15) is 9.90 Å². The highest BCUT2D eigenvalue weighted by Crippen LogP contribution is 2.21. The summed E-state index contributed by atoms with van der Waals surface area (Å²) in [5.74, 6) is -0.281. The summed E-state index contributed by atoms with van der Waals surface area (Å²) < 4.78 is 0. The molecule has 0 amide bonds. The number of rotatable bonds is 6. The zero-order valence-electron chi connectivity index (χ0n) is 14.2. The molecule has 1 unspecified atom stereocenters. The third-order valence-electron chi connectivity index (χ3n) is 4.82. The van der Waals surface area contributed by atoms with E-state index in [1.807, 2.05) is 18.2 Å². The number of nitrogens with one attached hydrogen (secondary N) is 1. The predicted molar refractivity (Wildman–Crippen MR) is 96.7 cm³/mol. The molecule has 1 saturated heterocycles. The van der Waals surface area contributed by atoms with Gasteiger partial charge in [-0.1, -0.05) is 24.6 Å². The molecule has 1 atom stereocenters. The van der Waals surface area contributed by atoms with Crippen molar-refractivity contribution >= 4 is 22.7 Å². The second kappa shape index (κ2) is 7.62. The zero-order chi connectivity index (χ0) is 16.9. The van der Waals surface area contributed by atoms with E-state index in [0.717, 1.165) is 19.5 Å². The number of para-hydroxylation sites is 1. The van der Waals surface area contributed by atoms with Crippen LogP contribution in [0.15, 0.2) is 30.3 Å². The Balaban J connectivity index is 1.62. The van der Waals surface area contributed by atoms with Crippen molar-refractivity contribution in [3.63, 3.8) is 0 Å². The van der Waals surface area contributed by atoms with E-state index in [4.69, 9.17) is 0 Å². The van der Waals surface area contributed by atoms with E-state index in [1.165, 1.54) is 25.8 Å². The quantitative estimate of drug-likeness (QED) is 0.794. The summed E-state index contributed by atoms with van der Waals surface area (Å²) in [7, 11) is 0. The van der Waals surface area contributed by atoms with Crippen LogP contribution in [0.3, 0.4) is 0 Å². The summed E-state index contributed by atoms with van der Waals surface area (Å²) in [5.41, 5.74) is 1.01. The molecule has 0 aliphatic carbocycles. The van der Waals surface area contributed by atoms with Crippen molar-refractivity contribution < 1.29 is 9.90 Å². The van der Waals surface area contributed by atoms with Gasteiger partial charge < -0.3 is 15.3 Å². The first-order valence-electron chi connectivity index (χ1n) is 8.76. The fourth-order valence-corrected chi connectivity index (χ4v) is 3.43. The molecular formula is C19H25N3O2. The lowest BCUT2D eigenvalue weighted by Crippen LogP contribution is -2.38. The summed E-state index contributed by atoms with van der Waals surface area (Å²) in [6, 6.07) is 9.67. The van der Waals surface area contributed by atoms with Gasteiger partial charge in [0.25, 0.3) is 0 Å². The Labute approximate surface area is 142 Å². The summed E-state index contributed by atoms with van der Waals surface area (Å²) in [5, 5.41) is 13.4. The van der Waals surface area contributed by atoms with Crippen molar-refractivity contribution in [1.29, 1.82) is 0 Å². The van der Waals surface area contributed by atoms with Crippen LogP contribution >= 0.6 is 0 Å². The number of carboxylic acids is 1. The first kappa shape index (κ1) is 16.7. The second-order valence-corrected chi connectivity index (χ2v) is 6.54. The average molecular weight is 327 g/mol. The van der Waals surface area contributed by atoms with Crippen molar-refractivity contribution in [3.05, 3.63) is 35.9 Å². The number of benzene rings is 1. The Morgan fingerprint density at radius 2 is 2.21 bits per heavy atom. The molecule has 2 N–H and O–H groups in total. The van der Waals surface area contributed by atoms with Crippen molar-refractivity contribution in [1.82, 2.24) is 9.88 Å². The molecule has 0 radical (unpaired) electrons. The van der Waals surface area contributed by atoms with Crippen LogP contribution in [-0.2, 0) is 0 Å². The van der Waals surface area contributed by atoms with Crippen molar-refractivity contribution in [2.24, 2.45) is 0 Å². The highest BCUT2D eigenvalue weighted by Gasteiger charge is 2.17. The molecule has 0 saturated carbocycles. The van der Waals surface area contributed by atoms with Gasteiger partial charge in [0.15, 0.2) is 0 Å². The molecule has 1 aromatic carbocycles. The molecule has 24 heavy (non-hydrogen) atoms. The lowest BCUT2D eigenvalue weighted by Gasteiger charge is -2.33. The van der Waals surface area contributed by atoms with Gasteiger partial charge in [0, 0.05) is 24.5 Å². The van der Waals surface area contributed by atoms with Gasteiger partial charge in [-0.3, -0.25) is 0 Å². The molecule has 128 valence electrons. The monoisotopic (exact) mass is 327 g/mol. The van der Waals surface area contributed by atoms with Gasteiger partial charge in [0.2, 0.25) is 0 Å². The normalized spacial score (nSPS) is 18.6. The van der Waals surface area contributed by atoms with Crippen molar-refractivity contribution in [2.75, 3.05) is 25.0 Å². The van der Waals surface area contributed by atoms with E-state index >= 15 is 0 Å². The van der Waals surface area contributed by atoms with Crippen molar-refractivity contribution in [2.45, 2.75) is 38.6 Å². The number of anilines is 1. The SMILES string of the molecule is CC1CCCCN1CCCNc1cc(C(=O)O)c2ccccc2n1. The first-order valence-corrected chi connectivity index (χ1v) is 8.76. The number of likely N-dealkylation sites (tertiary alicyclic amines) is 1. The van der Waals surface area contributed by atoms with Crippen LogP contribution in [-0.4, -0.2) is 46.6 Å². The van der Waals surface area contributed by atoms with Crippen LogP contribution < -0.4 is 5.32 Å². The van der Waals surface area contributed by atoms with Gasteiger partial charge in [-0.25, -0.2) is 9.78 Å². The van der Waals surface area contributed by atoms with Gasteiger partial charge in [0.05, 0.1) is 11.1 Å². The molecule has 5 heteroatoms. The number of aromatic nitrogens is 1. The number of carbonyl (C=O) groups is 1. The fraction of sp³-hybridized carbons (Fsp3) is 0.474. The van der Waals surface area contributed by atoms with Crippen LogP contribution in [0.1, 0.15) is 43.0 Å². The Morgan fingerprint density at radius 3 is 3.00 bits per heavy atom. The van der Waals surface area contributed by atoms with E-state index in [1.54, 1.807) is 12.1 Å². The zero-order valence-corrected chi connectivity index (χ0v) is 14.2. The molecule has 1 aliphatic heterocycles. The largest absolute Gasteiger partial charge is 0.478 e. The number of pyridine rings is 1. The molecule has 5 nitrogen and oxygen atoms in total.